The zero-order valence-corrected chi connectivity index (χ0v) is 10.3. The van der Waals surface area contributed by atoms with Crippen molar-refractivity contribution in [3.63, 3.8) is 0 Å². The van der Waals surface area contributed by atoms with Gasteiger partial charge in [0.15, 0.2) is 0 Å². The summed E-state index contributed by atoms with van der Waals surface area (Å²) in [5, 5.41) is 4.29. The number of rotatable bonds is 1. The summed E-state index contributed by atoms with van der Waals surface area (Å²) in [4.78, 5) is 0. The van der Waals surface area contributed by atoms with E-state index in [1.54, 1.807) is 0 Å². The van der Waals surface area contributed by atoms with E-state index < -0.39 is 0 Å². The molecule has 1 aromatic rings. The van der Waals surface area contributed by atoms with E-state index in [2.05, 4.69) is 25.7 Å². The monoisotopic (exact) mass is 279 g/mol. The van der Waals surface area contributed by atoms with Crippen LogP contribution in [0.5, 0.6) is 0 Å². The van der Waals surface area contributed by atoms with Crippen LogP contribution < -0.4 is 5.73 Å². The zero-order chi connectivity index (χ0) is 9.26. The quantitative estimate of drug-likeness (QED) is 0.859. The average Bonchev–Trinajstić information content (AvgIpc) is 2.53. The van der Waals surface area contributed by atoms with E-state index in [0.717, 1.165) is 30.2 Å². The number of nitrogens with two attached hydrogens (primary N) is 1. The van der Waals surface area contributed by atoms with Crippen LogP contribution in [0.15, 0.2) is 16.9 Å². The maximum atomic E-state index is 5.84. The van der Waals surface area contributed by atoms with Gasteiger partial charge in [-0.05, 0) is 41.6 Å². The highest BCUT2D eigenvalue weighted by Gasteiger charge is 2.20. The van der Waals surface area contributed by atoms with Crippen molar-refractivity contribution in [2.75, 3.05) is 0 Å². The van der Waals surface area contributed by atoms with Gasteiger partial charge in [-0.25, -0.2) is 0 Å². The lowest BCUT2D eigenvalue weighted by atomic mass is 9.92. The summed E-state index contributed by atoms with van der Waals surface area (Å²) in [7, 11) is 0. The molecule has 1 saturated carbocycles. The molecule has 0 atom stereocenters. The smallest absolute Gasteiger partial charge is 0.0632 e. The maximum absolute atomic E-state index is 5.84. The van der Waals surface area contributed by atoms with Crippen LogP contribution in [0.25, 0.3) is 0 Å². The van der Waals surface area contributed by atoms with Crippen LogP contribution in [-0.2, 0) is 0 Å². The Balaban J connectivity index is 0.000000980. The molecule has 0 aromatic carbocycles. The van der Waals surface area contributed by atoms with Crippen molar-refractivity contribution in [3.8, 4) is 0 Å². The van der Waals surface area contributed by atoms with Crippen LogP contribution in [0.1, 0.15) is 31.7 Å². The van der Waals surface area contributed by atoms with E-state index in [9.17, 15) is 0 Å². The second-order valence-electron chi connectivity index (χ2n) is 3.71. The van der Waals surface area contributed by atoms with E-state index >= 15 is 0 Å². The number of hydrogen-bond donors (Lipinski definition) is 1. The molecular weight excluding hydrogens is 265 g/mol. The fourth-order valence-corrected chi connectivity index (χ4v) is 2.18. The van der Waals surface area contributed by atoms with Crippen LogP contribution in [0.4, 0.5) is 0 Å². The molecular formula is C9H15BrClN3. The Morgan fingerprint density at radius 1 is 1.36 bits per heavy atom. The van der Waals surface area contributed by atoms with Gasteiger partial charge in [0, 0.05) is 12.2 Å². The Morgan fingerprint density at radius 2 is 2.00 bits per heavy atom. The van der Waals surface area contributed by atoms with Crippen molar-refractivity contribution in [1.82, 2.24) is 9.78 Å². The van der Waals surface area contributed by atoms with Gasteiger partial charge < -0.3 is 5.73 Å². The van der Waals surface area contributed by atoms with Crippen LogP contribution in [0.2, 0.25) is 0 Å². The highest BCUT2D eigenvalue weighted by molar-refractivity contribution is 9.10. The summed E-state index contributed by atoms with van der Waals surface area (Å²) in [6.45, 7) is 0. The van der Waals surface area contributed by atoms with E-state index in [1.165, 1.54) is 0 Å². The van der Waals surface area contributed by atoms with Gasteiger partial charge >= 0.3 is 0 Å². The van der Waals surface area contributed by atoms with Crippen LogP contribution >= 0.6 is 28.3 Å². The third-order valence-corrected chi connectivity index (χ3v) is 3.09. The van der Waals surface area contributed by atoms with Gasteiger partial charge in [0.25, 0.3) is 0 Å². The molecule has 5 heteroatoms. The zero-order valence-electron chi connectivity index (χ0n) is 7.90. The largest absolute Gasteiger partial charge is 0.328 e. The molecule has 14 heavy (non-hydrogen) atoms. The number of aromatic nitrogens is 2. The van der Waals surface area contributed by atoms with Crippen LogP contribution in [-0.4, -0.2) is 15.8 Å². The van der Waals surface area contributed by atoms with Crippen molar-refractivity contribution < 1.29 is 0 Å². The van der Waals surface area contributed by atoms with E-state index in [0.29, 0.717) is 12.1 Å². The molecule has 3 nitrogen and oxygen atoms in total. The van der Waals surface area contributed by atoms with E-state index in [4.69, 9.17) is 5.73 Å². The molecule has 0 bridgehead atoms. The van der Waals surface area contributed by atoms with Crippen molar-refractivity contribution in [3.05, 3.63) is 16.9 Å². The molecule has 2 rings (SSSR count). The fraction of sp³-hybridized carbons (Fsp3) is 0.667. The summed E-state index contributed by atoms with van der Waals surface area (Å²) in [6.07, 6.45) is 8.46. The minimum absolute atomic E-state index is 0. The molecule has 2 N–H and O–H groups in total. The Bertz CT molecular complexity index is 281. The first-order valence-electron chi connectivity index (χ1n) is 4.71. The number of halogens is 2. The molecule has 0 spiro atoms. The predicted molar refractivity (Wildman–Crippen MR) is 62.7 cm³/mol. The van der Waals surface area contributed by atoms with Gasteiger partial charge in [-0.15, -0.1) is 12.4 Å². The Hall–Kier alpha value is -0.0600. The van der Waals surface area contributed by atoms with Crippen molar-refractivity contribution in [2.45, 2.75) is 37.8 Å². The summed E-state index contributed by atoms with van der Waals surface area (Å²) >= 11 is 3.40. The van der Waals surface area contributed by atoms with E-state index in [1.807, 2.05) is 12.4 Å². The molecule has 0 unspecified atom stereocenters. The van der Waals surface area contributed by atoms with Crippen molar-refractivity contribution in [1.29, 1.82) is 0 Å². The normalized spacial score (nSPS) is 27.0. The minimum atomic E-state index is 0. The summed E-state index contributed by atoms with van der Waals surface area (Å²) in [5.41, 5.74) is 5.84. The Morgan fingerprint density at radius 3 is 2.50 bits per heavy atom. The second-order valence-corrected chi connectivity index (χ2v) is 4.62. The summed E-state index contributed by atoms with van der Waals surface area (Å²) in [5.74, 6) is 0. The molecule has 80 valence electrons. The SMILES string of the molecule is Cl.NC1CCC(n2cc(Br)cn2)CC1. The Kier molecular flexibility index (Phi) is 4.41. The second kappa shape index (κ2) is 5.14. The van der Waals surface area contributed by atoms with Gasteiger partial charge in [-0.3, -0.25) is 4.68 Å². The maximum Gasteiger partial charge on any atom is 0.0632 e. The van der Waals surface area contributed by atoms with Crippen molar-refractivity contribution in [2.24, 2.45) is 5.73 Å². The molecule has 0 saturated heterocycles. The lowest BCUT2D eigenvalue weighted by molar-refractivity contribution is 0.304. The molecule has 0 aliphatic heterocycles. The first-order chi connectivity index (χ1) is 6.25. The first kappa shape index (κ1) is 12.0. The minimum Gasteiger partial charge on any atom is -0.328 e. The van der Waals surface area contributed by atoms with E-state index in [-0.39, 0.29) is 12.4 Å². The lowest BCUT2D eigenvalue weighted by Gasteiger charge is -2.26. The molecule has 0 amide bonds. The van der Waals surface area contributed by atoms with Gasteiger partial charge in [0.1, 0.15) is 0 Å². The summed E-state index contributed by atoms with van der Waals surface area (Å²) < 4.78 is 3.11. The van der Waals surface area contributed by atoms with Gasteiger partial charge in [-0.1, -0.05) is 0 Å². The van der Waals surface area contributed by atoms with Crippen LogP contribution in [0, 0.1) is 0 Å². The highest BCUT2D eigenvalue weighted by Crippen LogP contribution is 2.27. The summed E-state index contributed by atoms with van der Waals surface area (Å²) in [6, 6.07) is 0.973. The standard InChI is InChI=1S/C9H14BrN3.ClH/c10-7-5-12-13(6-7)9-3-1-8(11)2-4-9;/h5-6,8-9H,1-4,11H2;1H. The molecule has 1 fully saturated rings. The molecule has 1 heterocycles. The third-order valence-electron chi connectivity index (χ3n) is 2.69. The molecule has 0 radical (unpaired) electrons. The van der Waals surface area contributed by atoms with Gasteiger partial charge in [0.05, 0.1) is 16.7 Å². The molecule has 1 aromatic heterocycles. The van der Waals surface area contributed by atoms with Gasteiger partial charge in [0.2, 0.25) is 0 Å². The molecule has 1 aliphatic carbocycles. The molecule has 1 aliphatic rings. The Labute approximate surface area is 98.6 Å². The van der Waals surface area contributed by atoms with Crippen LogP contribution in [0.3, 0.4) is 0 Å². The lowest BCUT2D eigenvalue weighted by Crippen LogP contribution is -2.27. The number of hydrogen-bond acceptors (Lipinski definition) is 2. The fourth-order valence-electron chi connectivity index (χ4n) is 1.88. The first-order valence-corrected chi connectivity index (χ1v) is 5.50. The average molecular weight is 281 g/mol. The highest BCUT2D eigenvalue weighted by atomic mass is 79.9. The predicted octanol–water partition coefficient (Wildman–Crippen LogP) is 2.51. The number of nitrogens with zero attached hydrogens (tertiary/aromatic N) is 2. The topological polar surface area (TPSA) is 43.8 Å². The van der Waals surface area contributed by atoms with Crippen molar-refractivity contribution >= 4 is 28.3 Å². The third kappa shape index (κ3) is 2.72. The van der Waals surface area contributed by atoms with Gasteiger partial charge in [-0.2, -0.15) is 5.10 Å².